The molecular formula is C20H21ClF2N2O3S. The summed E-state index contributed by atoms with van der Waals surface area (Å²) in [6.07, 6.45) is 1.31. The van der Waals surface area contributed by atoms with E-state index in [1.54, 1.807) is 12.1 Å². The van der Waals surface area contributed by atoms with Gasteiger partial charge in [0.25, 0.3) is 5.91 Å². The van der Waals surface area contributed by atoms with E-state index in [-0.39, 0.29) is 35.7 Å². The number of amides is 2. The molecular weight excluding hydrogens is 422 g/mol. The molecule has 156 valence electrons. The van der Waals surface area contributed by atoms with Crippen LogP contribution in [0.5, 0.6) is 5.75 Å². The Labute approximate surface area is 176 Å². The van der Waals surface area contributed by atoms with Crippen LogP contribution in [0, 0.1) is 5.92 Å². The van der Waals surface area contributed by atoms with Crippen molar-refractivity contribution in [3.63, 3.8) is 0 Å². The van der Waals surface area contributed by atoms with Crippen molar-refractivity contribution in [2.45, 2.75) is 32.4 Å². The maximum atomic E-state index is 12.9. The van der Waals surface area contributed by atoms with Crippen LogP contribution in [-0.2, 0) is 4.79 Å². The van der Waals surface area contributed by atoms with Crippen molar-refractivity contribution in [3.8, 4) is 5.75 Å². The van der Waals surface area contributed by atoms with Gasteiger partial charge in [-0.05, 0) is 44.0 Å². The summed E-state index contributed by atoms with van der Waals surface area (Å²) in [6, 6.07) is 9.37. The number of piperidine rings is 1. The van der Waals surface area contributed by atoms with E-state index < -0.39 is 12.5 Å². The van der Waals surface area contributed by atoms with Gasteiger partial charge >= 0.3 is 6.61 Å². The fourth-order valence-corrected chi connectivity index (χ4v) is 4.41. The van der Waals surface area contributed by atoms with Crippen LogP contribution in [-0.4, -0.2) is 36.4 Å². The third-order valence-corrected chi connectivity index (χ3v) is 6.21. The number of nitrogens with zero attached hydrogens (tertiary/aromatic N) is 1. The molecule has 2 aromatic rings. The molecule has 0 aliphatic carbocycles. The Morgan fingerprint density at radius 2 is 2.03 bits per heavy atom. The molecule has 29 heavy (non-hydrogen) atoms. The van der Waals surface area contributed by atoms with Gasteiger partial charge in [-0.2, -0.15) is 8.78 Å². The second kappa shape index (κ2) is 9.54. The maximum absolute atomic E-state index is 12.9. The van der Waals surface area contributed by atoms with Crippen molar-refractivity contribution in [1.82, 2.24) is 10.2 Å². The second-order valence-electron chi connectivity index (χ2n) is 6.84. The summed E-state index contributed by atoms with van der Waals surface area (Å²) in [5.41, 5.74) is 0.0652. The first-order valence-corrected chi connectivity index (χ1v) is 10.4. The van der Waals surface area contributed by atoms with E-state index in [0.29, 0.717) is 23.7 Å². The van der Waals surface area contributed by atoms with E-state index in [4.69, 9.17) is 11.6 Å². The van der Waals surface area contributed by atoms with Crippen LogP contribution < -0.4 is 10.1 Å². The van der Waals surface area contributed by atoms with Crippen LogP contribution in [0.15, 0.2) is 36.4 Å². The van der Waals surface area contributed by atoms with E-state index in [9.17, 15) is 18.4 Å². The zero-order valence-corrected chi connectivity index (χ0v) is 17.3. The number of benzene rings is 1. The molecule has 1 aliphatic rings. The number of carbonyl (C=O) groups is 2. The molecule has 2 atom stereocenters. The Kier molecular flexibility index (Phi) is 7.08. The van der Waals surface area contributed by atoms with Crippen LogP contribution >= 0.6 is 22.9 Å². The van der Waals surface area contributed by atoms with E-state index in [0.717, 1.165) is 4.88 Å². The summed E-state index contributed by atoms with van der Waals surface area (Å²) in [6.45, 7) is -0.451. The predicted octanol–water partition coefficient (Wildman–Crippen LogP) is 4.73. The van der Waals surface area contributed by atoms with Crippen molar-refractivity contribution >= 4 is 34.8 Å². The number of likely N-dealkylation sites (tertiary alicyclic amines) is 1. The van der Waals surface area contributed by atoms with Gasteiger partial charge in [0.2, 0.25) is 5.91 Å². The molecule has 2 heterocycles. The zero-order valence-electron chi connectivity index (χ0n) is 15.7. The zero-order chi connectivity index (χ0) is 21.0. The largest absolute Gasteiger partial charge is 0.434 e. The highest BCUT2D eigenvalue weighted by Crippen LogP contribution is 2.28. The molecule has 1 aromatic carbocycles. The Hall–Kier alpha value is -2.19. The molecule has 9 heteroatoms. The fourth-order valence-electron chi connectivity index (χ4n) is 3.35. The minimum atomic E-state index is -3.02. The van der Waals surface area contributed by atoms with Gasteiger partial charge in [-0.25, -0.2) is 0 Å². The number of alkyl halides is 2. The van der Waals surface area contributed by atoms with Crippen molar-refractivity contribution in [3.05, 3.63) is 51.2 Å². The number of para-hydroxylation sites is 1. The van der Waals surface area contributed by atoms with E-state index in [1.165, 1.54) is 34.4 Å². The Morgan fingerprint density at radius 3 is 2.72 bits per heavy atom. The van der Waals surface area contributed by atoms with Gasteiger partial charge in [-0.15, -0.1) is 11.3 Å². The lowest BCUT2D eigenvalue weighted by molar-refractivity contribution is -0.127. The number of ether oxygens (including phenoxy) is 1. The van der Waals surface area contributed by atoms with Crippen LogP contribution in [0.1, 0.15) is 41.0 Å². The summed E-state index contributed by atoms with van der Waals surface area (Å²) in [7, 11) is 0. The summed E-state index contributed by atoms with van der Waals surface area (Å²) < 4.78 is 30.4. The average Bonchev–Trinajstić information content (AvgIpc) is 3.14. The highest BCUT2D eigenvalue weighted by molar-refractivity contribution is 7.16. The van der Waals surface area contributed by atoms with Crippen LogP contribution in [0.3, 0.4) is 0 Å². The number of hydrogen-bond acceptors (Lipinski definition) is 4. The summed E-state index contributed by atoms with van der Waals surface area (Å²) in [5.74, 6) is -1.09. The SMILES string of the molecule is CC(NC(=O)C1CCCN(C(=O)c2ccccc2OC(F)F)C1)c1ccc(Cl)s1. The van der Waals surface area contributed by atoms with Gasteiger partial charge in [0.1, 0.15) is 5.75 Å². The van der Waals surface area contributed by atoms with Gasteiger partial charge in [-0.3, -0.25) is 9.59 Å². The molecule has 0 saturated carbocycles. The van der Waals surface area contributed by atoms with Crippen LogP contribution in [0.25, 0.3) is 0 Å². The van der Waals surface area contributed by atoms with Gasteiger partial charge in [0.15, 0.2) is 0 Å². The lowest BCUT2D eigenvalue weighted by Gasteiger charge is -2.33. The average molecular weight is 443 g/mol. The number of rotatable bonds is 6. The smallest absolute Gasteiger partial charge is 0.387 e. The van der Waals surface area contributed by atoms with Crippen molar-refractivity contribution in [2.75, 3.05) is 13.1 Å². The van der Waals surface area contributed by atoms with Crippen molar-refractivity contribution in [1.29, 1.82) is 0 Å². The molecule has 3 rings (SSSR count). The van der Waals surface area contributed by atoms with E-state index in [1.807, 2.05) is 13.0 Å². The quantitative estimate of drug-likeness (QED) is 0.703. The molecule has 1 N–H and O–H groups in total. The lowest BCUT2D eigenvalue weighted by Crippen LogP contribution is -2.45. The predicted molar refractivity (Wildman–Crippen MR) is 108 cm³/mol. The number of nitrogens with one attached hydrogen (secondary N) is 1. The number of carbonyl (C=O) groups excluding carboxylic acids is 2. The maximum Gasteiger partial charge on any atom is 0.387 e. The Balaban J connectivity index is 1.66. The van der Waals surface area contributed by atoms with Crippen molar-refractivity contribution in [2.24, 2.45) is 5.92 Å². The molecule has 1 aromatic heterocycles. The molecule has 1 fully saturated rings. The first-order valence-electron chi connectivity index (χ1n) is 9.24. The molecule has 0 spiro atoms. The summed E-state index contributed by atoms with van der Waals surface area (Å²) in [4.78, 5) is 28.0. The highest BCUT2D eigenvalue weighted by atomic mass is 35.5. The molecule has 5 nitrogen and oxygen atoms in total. The van der Waals surface area contributed by atoms with Crippen molar-refractivity contribution < 1.29 is 23.1 Å². The van der Waals surface area contributed by atoms with Gasteiger partial charge in [0.05, 0.1) is 21.9 Å². The van der Waals surface area contributed by atoms with E-state index in [2.05, 4.69) is 10.1 Å². The Bertz CT molecular complexity index is 877. The fraction of sp³-hybridized carbons (Fsp3) is 0.400. The molecule has 1 saturated heterocycles. The summed E-state index contributed by atoms with van der Waals surface area (Å²) >= 11 is 7.36. The highest BCUT2D eigenvalue weighted by Gasteiger charge is 2.31. The van der Waals surface area contributed by atoms with Gasteiger partial charge in [-0.1, -0.05) is 23.7 Å². The first-order chi connectivity index (χ1) is 13.8. The lowest BCUT2D eigenvalue weighted by atomic mass is 9.96. The number of hydrogen-bond donors (Lipinski definition) is 1. The third-order valence-electron chi connectivity index (χ3n) is 4.79. The number of halogens is 3. The first kappa shape index (κ1) is 21.5. The standard InChI is InChI=1S/C20H21ClF2N2O3S/c1-12(16-8-9-17(21)29-16)24-18(26)13-5-4-10-25(11-13)19(27)14-6-2-3-7-15(14)28-20(22)23/h2-3,6-9,12-13,20H,4-5,10-11H2,1H3,(H,24,26). The molecule has 0 bridgehead atoms. The summed E-state index contributed by atoms with van der Waals surface area (Å²) in [5, 5.41) is 2.97. The molecule has 0 radical (unpaired) electrons. The molecule has 2 unspecified atom stereocenters. The van der Waals surface area contributed by atoms with Gasteiger partial charge in [0, 0.05) is 18.0 Å². The monoisotopic (exact) mass is 442 g/mol. The Morgan fingerprint density at radius 1 is 1.28 bits per heavy atom. The normalized spacial score (nSPS) is 17.8. The topological polar surface area (TPSA) is 58.6 Å². The van der Waals surface area contributed by atoms with Crippen LogP contribution in [0.4, 0.5) is 8.78 Å². The third kappa shape index (κ3) is 5.45. The van der Waals surface area contributed by atoms with Crippen LogP contribution in [0.2, 0.25) is 4.34 Å². The number of thiophene rings is 1. The second-order valence-corrected chi connectivity index (χ2v) is 8.58. The molecule has 1 aliphatic heterocycles. The van der Waals surface area contributed by atoms with Gasteiger partial charge < -0.3 is 15.0 Å². The van der Waals surface area contributed by atoms with E-state index >= 15 is 0 Å². The minimum absolute atomic E-state index is 0.0652. The molecule has 2 amide bonds. The minimum Gasteiger partial charge on any atom is -0.434 e.